The molecule has 7 heteroatoms. The van der Waals surface area contributed by atoms with Crippen molar-refractivity contribution in [2.45, 2.75) is 29.8 Å². The molecule has 2 heterocycles. The summed E-state index contributed by atoms with van der Waals surface area (Å²) >= 11 is 0. The lowest BCUT2D eigenvalue weighted by Crippen LogP contribution is -2.40. The van der Waals surface area contributed by atoms with Crippen molar-refractivity contribution in [3.05, 3.63) is 72.4 Å². The van der Waals surface area contributed by atoms with Crippen LogP contribution in [0, 0.1) is 11.3 Å². The Labute approximate surface area is 193 Å². The van der Waals surface area contributed by atoms with Crippen LogP contribution in [-0.4, -0.2) is 37.3 Å². The van der Waals surface area contributed by atoms with Gasteiger partial charge in [0.1, 0.15) is 11.7 Å². The van der Waals surface area contributed by atoms with Crippen LogP contribution in [0.4, 0.5) is 0 Å². The Morgan fingerprint density at radius 2 is 1.58 bits per heavy atom. The zero-order chi connectivity index (χ0) is 23.2. The minimum Gasteiger partial charge on any atom is -0.328 e. The molecule has 4 aromatic rings. The average molecular weight is 457 g/mol. The summed E-state index contributed by atoms with van der Waals surface area (Å²) in [4.78, 5) is 5.25. The Morgan fingerprint density at radius 3 is 2.15 bits per heavy atom. The molecule has 1 N–H and O–H groups in total. The second kappa shape index (κ2) is 8.14. The number of nitriles is 1. The minimum atomic E-state index is -3.21. The lowest BCUT2D eigenvalue weighted by molar-refractivity contribution is 0.240. The van der Waals surface area contributed by atoms with Gasteiger partial charge >= 0.3 is 0 Å². The number of pyridine rings is 1. The monoisotopic (exact) mass is 456 g/mol. The highest BCUT2D eigenvalue weighted by Crippen LogP contribution is 2.36. The molecule has 1 saturated carbocycles. The predicted molar refractivity (Wildman–Crippen MR) is 130 cm³/mol. The molecule has 0 amide bonds. The third-order valence-corrected chi connectivity index (χ3v) is 7.64. The maximum atomic E-state index is 11.7. The van der Waals surface area contributed by atoms with Crippen LogP contribution in [0.3, 0.4) is 0 Å². The van der Waals surface area contributed by atoms with Crippen molar-refractivity contribution in [3.8, 4) is 28.5 Å². The van der Waals surface area contributed by atoms with Crippen LogP contribution >= 0.6 is 0 Å². The van der Waals surface area contributed by atoms with E-state index in [2.05, 4.69) is 16.0 Å². The maximum Gasteiger partial charge on any atom is 0.175 e. The van der Waals surface area contributed by atoms with E-state index in [9.17, 15) is 13.7 Å². The molecule has 0 unspecified atom stereocenters. The summed E-state index contributed by atoms with van der Waals surface area (Å²) in [6, 6.07) is 22.1. The Morgan fingerprint density at radius 1 is 0.970 bits per heavy atom. The number of nitrogens with zero attached hydrogens (tertiary/aromatic N) is 3. The summed E-state index contributed by atoms with van der Waals surface area (Å²) in [6.07, 6.45) is 5.20. The molecular formula is C26H24N4O2S. The molecule has 2 aromatic heterocycles. The first-order valence-electron chi connectivity index (χ1n) is 10.9. The van der Waals surface area contributed by atoms with Gasteiger partial charge in [-0.25, -0.2) is 13.4 Å². The van der Waals surface area contributed by atoms with Crippen LogP contribution in [0.15, 0.2) is 71.8 Å². The quantitative estimate of drug-likeness (QED) is 0.475. The van der Waals surface area contributed by atoms with Gasteiger partial charge in [-0.2, -0.15) is 5.26 Å². The SMILES string of the molecule is CNC1CC(n2cc(C#N)c3ccc(-c4ccc(-c5ccc(S(C)(=O)=O)cc5)cc4)nc32)C1. The fourth-order valence-electron chi connectivity index (χ4n) is 4.43. The number of aromatic nitrogens is 2. The van der Waals surface area contributed by atoms with Gasteiger partial charge in [-0.1, -0.05) is 36.4 Å². The summed E-state index contributed by atoms with van der Waals surface area (Å²) in [6.45, 7) is 0. The Balaban J connectivity index is 1.46. The Bertz CT molecular complexity index is 1470. The van der Waals surface area contributed by atoms with Crippen molar-refractivity contribution < 1.29 is 8.42 Å². The molecule has 0 saturated heterocycles. The third kappa shape index (κ3) is 3.92. The fourth-order valence-corrected chi connectivity index (χ4v) is 5.06. The maximum absolute atomic E-state index is 11.7. The molecule has 0 radical (unpaired) electrons. The molecule has 0 atom stereocenters. The summed E-state index contributed by atoms with van der Waals surface area (Å²) < 4.78 is 25.5. The van der Waals surface area contributed by atoms with Crippen LogP contribution in [0.1, 0.15) is 24.4 Å². The molecule has 6 nitrogen and oxygen atoms in total. The van der Waals surface area contributed by atoms with Gasteiger partial charge < -0.3 is 9.88 Å². The van der Waals surface area contributed by atoms with E-state index in [1.165, 1.54) is 6.26 Å². The highest BCUT2D eigenvalue weighted by molar-refractivity contribution is 7.90. The average Bonchev–Trinajstić information content (AvgIpc) is 3.16. The van der Waals surface area contributed by atoms with E-state index in [1.54, 1.807) is 12.1 Å². The zero-order valence-corrected chi connectivity index (χ0v) is 19.3. The van der Waals surface area contributed by atoms with E-state index >= 15 is 0 Å². The molecule has 166 valence electrons. The predicted octanol–water partition coefficient (Wildman–Crippen LogP) is 4.57. The number of hydrogen-bond donors (Lipinski definition) is 1. The highest BCUT2D eigenvalue weighted by atomic mass is 32.2. The lowest BCUT2D eigenvalue weighted by Gasteiger charge is -2.36. The van der Waals surface area contributed by atoms with E-state index in [4.69, 9.17) is 4.98 Å². The Kier molecular flexibility index (Phi) is 5.28. The molecule has 2 aromatic carbocycles. The standard InChI is InChI=1S/C26H24N4O2S/c1-28-21-13-22(14-21)30-16-20(15-27)24-11-12-25(29-26(24)30)19-5-3-17(4-6-19)18-7-9-23(10-8-18)33(2,31)32/h3-12,16,21-22,28H,13-14H2,1-2H3. The third-order valence-electron chi connectivity index (χ3n) is 6.51. The minimum absolute atomic E-state index is 0.313. The van der Waals surface area contributed by atoms with Gasteiger partial charge in [0.15, 0.2) is 9.84 Å². The molecule has 1 aliphatic rings. The number of hydrogen-bond acceptors (Lipinski definition) is 5. The van der Waals surface area contributed by atoms with Crippen LogP contribution in [0.2, 0.25) is 0 Å². The summed E-state index contributed by atoms with van der Waals surface area (Å²) in [7, 11) is -1.23. The summed E-state index contributed by atoms with van der Waals surface area (Å²) in [5.74, 6) is 0. The van der Waals surface area contributed by atoms with E-state index in [0.717, 1.165) is 46.3 Å². The van der Waals surface area contributed by atoms with Gasteiger partial charge in [-0.3, -0.25) is 0 Å². The second-order valence-corrected chi connectivity index (χ2v) is 10.6. The molecule has 0 bridgehead atoms. The first-order chi connectivity index (χ1) is 15.9. The van der Waals surface area contributed by atoms with Gasteiger partial charge in [0.2, 0.25) is 0 Å². The zero-order valence-electron chi connectivity index (χ0n) is 18.5. The molecule has 0 spiro atoms. The van der Waals surface area contributed by atoms with E-state index in [1.807, 2.05) is 61.8 Å². The number of sulfone groups is 1. The van der Waals surface area contributed by atoms with Crippen LogP contribution in [0.25, 0.3) is 33.4 Å². The van der Waals surface area contributed by atoms with E-state index in [-0.39, 0.29) is 0 Å². The fraction of sp³-hybridized carbons (Fsp3) is 0.231. The van der Waals surface area contributed by atoms with Gasteiger partial charge in [0.25, 0.3) is 0 Å². The van der Waals surface area contributed by atoms with Crippen LogP contribution in [-0.2, 0) is 9.84 Å². The van der Waals surface area contributed by atoms with Crippen molar-refractivity contribution in [2.75, 3.05) is 13.3 Å². The first-order valence-corrected chi connectivity index (χ1v) is 12.8. The normalized spacial score (nSPS) is 18.1. The van der Waals surface area contributed by atoms with E-state index < -0.39 is 9.84 Å². The van der Waals surface area contributed by atoms with Crippen molar-refractivity contribution in [1.29, 1.82) is 5.26 Å². The van der Waals surface area contributed by atoms with Gasteiger partial charge in [-0.15, -0.1) is 0 Å². The Hall–Kier alpha value is -3.47. The van der Waals surface area contributed by atoms with Crippen LogP contribution < -0.4 is 5.32 Å². The van der Waals surface area contributed by atoms with Crippen molar-refractivity contribution in [1.82, 2.24) is 14.9 Å². The van der Waals surface area contributed by atoms with Gasteiger partial charge in [0, 0.05) is 35.5 Å². The van der Waals surface area contributed by atoms with Crippen molar-refractivity contribution in [2.24, 2.45) is 0 Å². The van der Waals surface area contributed by atoms with E-state index in [0.29, 0.717) is 22.5 Å². The first kappa shape index (κ1) is 21.4. The van der Waals surface area contributed by atoms with Crippen LogP contribution in [0.5, 0.6) is 0 Å². The van der Waals surface area contributed by atoms with Crippen molar-refractivity contribution >= 4 is 20.9 Å². The van der Waals surface area contributed by atoms with Gasteiger partial charge in [-0.05, 0) is 55.3 Å². The lowest BCUT2D eigenvalue weighted by atomic mass is 9.87. The summed E-state index contributed by atoms with van der Waals surface area (Å²) in [5.41, 5.74) is 5.31. The number of nitrogens with one attached hydrogen (secondary N) is 1. The molecule has 33 heavy (non-hydrogen) atoms. The molecule has 0 aliphatic heterocycles. The summed E-state index contributed by atoms with van der Waals surface area (Å²) in [5, 5.41) is 13.8. The molecule has 5 rings (SSSR count). The largest absolute Gasteiger partial charge is 0.328 e. The number of rotatable bonds is 5. The number of fused-ring (bicyclic) bond motifs is 1. The highest BCUT2D eigenvalue weighted by Gasteiger charge is 2.31. The molecule has 1 aliphatic carbocycles. The molecule has 1 fully saturated rings. The smallest absolute Gasteiger partial charge is 0.175 e. The molecular weight excluding hydrogens is 432 g/mol. The second-order valence-electron chi connectivity index (χ2n) is 8.61. The number of benzene rings is 2. The van der Waals surface area contributed by atoms with Crippen molar-refractivity contribution in [3.63, 3.8) is 0 Å². The topological polar surface area (TPSA) is 87.8 Å². The van der Waals surface area contributed by atoms with Gasteiger partial charge in [0.05, 0.1) is 16.2 Å².